The van der Waals surface area contributed by atoms with Crippen LogP contribution in [0.15, 0.2) is 22.7 Å². The molecule has 94 valence electrons. The van der Waals surface area contributed by atoms with Crippen LogP contribution in [0.4, 0.5) is 5.69 Å². The molecule has 0 heterocycles. The maximum Gasteiger partial charge on any atom is 0.238 e. The summed E-state index contributed by atoms with van der Waals surface area (Å²) in [5, 5.41) is 5.96. The van der Waals surface area contributed by atoms with E-state index in [2.05, 4.69) is 40.4 Å². The molecule has 17 heavy (non-hydrogen) atoms. The van der Waals surface area contributed by atoms with Crippen molar-refractivity contribution < 1.29 is 4.79 Å². The highest BCUT2D eigenvalue weighted by atomic mass is 79.9. The molecule has 3 nitrogen and oxygen atoms in total. The maximum atomic E-state index is 11.6. The van der Waals surface area contributed by atoms with Gasteiger partial charge in [0.2, 0.25) is 5.91 Å². The van der Waals surface area contributed by atoms with E-state index in [0.717, 1.165) is 22.3 Å². The summed E-state index contributed by atoms with van der Waals surface area (Å²) in [7, 11) is 0. The molecule has 0 aliphatic heterocycles. The summed E-state index contributed by atoms with van der Waals surface area (Å²) in [6.45, 7) is 7.44. The number of benzene rings is 1. The number of rotatable bonds is 5. The molecular formula is C13H19BrN2O. The van der Waals surface area contributed by atoms with E-state index in [1.807, 2.05) is 25.1 Å². The number of nitrogens with one attached hydrogen (secondary N) is 2. The Bertz CT molecular complexity index is 391. The monoisotopic (exact) mass is 298 g/mol. The lowest BCUT2D eigenvalue weighted by Gasteiger charge is -2.09. The Hall–Kier alpha value is -0.870. The van der Waals surface area contributed by atoms with Crippen LogP contribution in [0.1, 0.15) is 19.4 Å². The predicted molar refractivity (Wildman–Crippen MR) is 75.2 cm³/mol. The van der Waals surface area contributed by atoms with Crippen LogP contribution >= 0.6 is 15.9 Å². The minimum Gasteiger partial charge on any atom is -0.325 e. The van der Waals surface area contributed by atoms with Gasteiger partial charge in [-0.2, -0.15) is 0 Å². The molecule has 0 fully saturated rings. The minimum atomic E-state index is -0.0126. The second-order valence-electron chi connectivity index (χ2n) is 4.54. The van der Waals surface area contributed by atoms with Crippen LogP contribution in [-0.4, -0.2) is 19.0 Å². The first-order valence-electron chi connectivity index (χ1n) is 5.75. The Morgan fingerprint density at radius 2 is 2.12 bits per heavy atom. The summed E-state index contributed by atoms with van der Waals surface area (Å²) in [6.07, 6.45) is 0. The summed E-state index contributed by atoms with van der Waals surface area (Å²) in [6, 6.07) is 5.79. The van der Waals surface area contributed by atoms with E-state index in [4.69, 9.17) is 0 Å². The van der Waals surface area contributed by atoms with Crippen LogP contribution in [0.2, 0.25) is 0 Å². The molecule has 0 saturated heterocycles. The zero-order chi connectivity index (χ0) is 12.8. The van der Waals surface area contributed by atoms with E-state index in [9.17, 15) is 4.79 Å². The molecule has 0 atom stereocenters. The Morgan fingerprint density at radius 1 is 1.41 bits per heavy atom. The number of amides is 1. The Kier molecular flexibility index (Phi) is 5.65. The zero-order valence-corrected chi connectivity index (χ0v) is 12.1. The van der Waals surface area contributed by atoms with Crippen molar-refractivity contribution in [2.24, 2.45) is 5.92 Å². The Labute approximate surface area is 111 Å². The number of hydrogen-bond donors (Lipinski definition) is 2. The van der Waals surface area contributed by atoms with Gasteiger partial charge < -0.3 is 10.6 Å². The average Bonchev–Trinajstić information content (AvgIpc) is 2.23. The standard InChI is InChI=1S/C13H19BrN2O/c1-9(2)7-15-8-13(17)16-11-5-4-10(3)12(14)6-11/h4-6,9,15H,7-8H2,1-3H3,(H,16,17). The van der Waals surface area contributed by atoms with Gasteiger partial charge in [0.15, 0.2) is 0 Å². The molecule has 0 aliphatic rings. The van der Waals surface area contributed by atoms with Gasteiger partial charge in [-0.3, -0.25) is 4.79 Å². The summed E-state index contributed by atoms with van der Waals surface area (Å²) in [5.74, 6) is 0.540. The van der Waals surface area contributed by atoms with Crippen molar-refractivity contribution in [3.63, 3.8) is 0 Å². The summed E-state index contributed by atoms with van der Waals surface area (Å²) in [5.41, 5.74) is 1.97. The van der Waals surface area contributed by atoms with Gasteiger partial charge in [-0.15, -0.1) is 0 Å². The van der Waals surface area contributed by atoms with Gasteiger partial charge in [0, 0.05) is 10.2 Å². The van der Waals surface area contributed by atoms with Crippen LogP contribution in [0, 0.1) is 12.8 Å². The van der Waals surface area contributed by atoms with Gasteiger partial charge in [-0.05, 0) is 37.1 Å². The fraction of sp³-hybridized carbons (Fsp3) is 0.462. The van der Waals surface area contributed by atoms with Gasteiger partial charge in [-0.25, -0.2) is 0 Å². The molecule has 1 aromatic rings. The predicted octanol–water partition coefficient (Wildman–Crippen LogP) is 2.94. The van der Waals surface area contributed by atoms with Gasteiger partial charge >= 0.3 is 0 Å². The molecule has 4 heteroatoms. The Balaban J connectivity index is 2.42. The summed E-state index contributed by atoms with van der Waals surface area (Å²) < 4.78 is 1.01. The van der Waals surface area contributed by atoms with Crippen molar-refractivity contribution in [3.8, 4) is 0 Å². The zero-order valence-electron chi connectivity index (χ0n) is 10.5. The molecule has 0 saturated carbocycles. The molecule has 0 unspecified atom stereocenters. The van der Waals surface area contributed by atoms with Crippen LogP contribution in [0.3, 0.4) is 0 Å². The first-order chi connectivity index (χ1) is 7.99. The summed E-state index contributed by atoms with van der Waals surface area (Å²) >= 11 is 3.44. The molecule has 2 N–H and O–H groups in total. The second kappa shape index (κ2) is 6.77. The molecule has 0 aliphatic carbocycles. The van der Waals surface area contributed by atoms with E-state index in [0.29, 0.717) is 12.5 Å². The lowest BCUT2D eigenvalue weighted by Crippen LogP contribution is -2.30. The number of carbonyl (C=O) groups is 1. The van der Waals surface area contributed by atoms with Crippen molar-refractivity contribution in [1.82, 2.24) is 5.32 Å². The van der Waals surface area contributed by atoms with E-state index >= 15 is 0 Å². The van der Waals surface area contributed by atoms with Crippen LogP contribution < -0.4 is 10.6 Å². The topological polar surface area (TPSA) is 41.1 Å². The third kappa shape index (κ3) is 5.33. The second-order valence-corrected chi connectivity index (χ2v) is 5.39. The number of carbonyl (C=O) groups excluding carboxylic acids is 1. The largest absolute Gasteiger partial charge is 0.325 e. The highest BCUT2D eigenvalue weighted by Gasteiger charge is 2.03. The molecule has 0 bridgehead atoms. The van der Waals surface area contributed by atoms with E-state index < -0.39 is 0 Å². The van der Waals surface area contributed by atoms with Gasteiger partial charge in [0.05, 0.1) is 6.54 Å². The third-order valence-corrected chi connectivity index (χ3v) is 3.15. The fourth-order valence-electron chi connectivity index (χ4n) is 1.35. The SMILES string of the molecule is Cc1ccc(NC(=O)CNCC(C)C)cc1Br. The van der Waals surface area contributed by atoms with Crippen molar-refractivity contribution in [1.29, 1.82) is 0 Å². The highest BCUT2D eigenvalue weighted by Crippen LogP contribution is 2.20. The third-order valence-electron chi connectivity index (χ3n) is 2.29. The van der Waals surface area contributed by atoms with Crippen molar-refractivity contribution in [3.05, 3.63) is 28.2 Å². The minimum absolute atomic E-state index is 0.0126. The van der Waals surface area contributed by atoms with Crippen LogP contribution in [-0.2, 0) is 4.79 Å². The van der Waals surface area contributed by atoms with E-state index in [1.165, 1.54) is 0 Å². The first kappa shape index (κ1) is 14.2. The number of anilines is 1. The van der Waals surface area contributed by atoms with Crippen LogP contribution in [0.25, 0.3) is 0 Å². The van der Waals surface area contributed by atoms with Gasteiger partial charge in [-0.1, -0.05) is 35.8 Å². The molecule has 1 aromatic carbocycles. The van der Waals surface area contributed by atoms with Gasteiger partial charge in [0.1, 0.15) is 0 Å². The molecular weight excluding hydrogens is 280 g/mol. The van der Waals surface area contributed by atoms with E-state index in [1.54, 1.807) is 0 Å². The summed E-state index contributed by atoms with van der Waals surface area (Å²) in [4.78, 5) is 11.6. The smallest absolute Gasteiger partial charge is 0.238 e. The van der Waals surface area contributed by atoms with Crippen LogP contribution in [0.5, 0.6) is 0 Å². The molecule has 0 spiro atoms. The number of halogens is 1. The highest BCUT2D eigenvalue weighted by molar-refractivity contribution is 9.10. The fourth-order valence-corrected chi connectivity index (χ4v) is 1.73. The lowest BCUT2D eigenvalue weighted by molar-refractivity contribution is -0.115. The van der Waals surface area contributed by atoms with Gasteiger partial charge in [0.25, 0.3) is 0 Å². The molecule has 0 aromatic heterocycles. The molecule has 0 radical (unpaired) electrons. The number of aryl methyl sites for hydroxylation is 1. The average molecular weight is 299 g/mol. The Morgan fingerprint density at radius 3 is 2.71 bits per heavy atom. The van der Waals surface area contributed by atoms with Crippen molar-refractivity contribution in [2.45, 2.75) is 20.8 Å². The molecule has 1 rings (SSSR count). The van der Waals surface area contributed by atoms with E-state index in [-0.39, 0.29) is 5.91 Å². The molecule has 1 amide bonds. The number of hydrogen-bond acceptors (Lipinski definition) is 2. The normalized spacial score (nSPS) is 10.6. The van der Waals surface area contributed by atoms with Crippen molar-refractivity contribution >= 4 is 27.5 Å². The quantitative estimate of drug-likeness (QED) is 0.877. The van der Waals surface area contributed by atoms with Crippen molar-refractivity contribution in [2.75, 3.05) is 18.4 Å². The first-order valence-corrected chi connectivity index (χ1v) is 6.55. The lowest BCUT2D eigenvalue weighted by atomic mass is 10.2. The maximum absolute atomic E-state index is 11.6.